The van der Waals surface area contributed by atoms with Gasteiger partial charge in [-0.15, -0.1) is 0 Å². The lowest BCUT2D eigenvalue weighted by molar-refractivity contribution is -0.119. The number of amides is 1. The quantitative estimate of drug-likeness (QED) is 0.912. The van der Waals surface area contributed by atoms with Crippen LogP contribution in [0.2, 0.25) is 0 Å². The summed E-state index contributed by atoms with van der Waals surface area (Å²) in [7, 11) is -0.667. The number of hydrogen-bond donors (Lipinski definition) is 1. The second kappa shape index (κ2) is 5.13. The topological polar surface area (TPSA) is 90.3 Å². The highest BCUT2D eigenvalue weighted by atomic mass is 32.2. The molecule has 0 saturated heterocycles. The fourth-order valence-electron chi connectivity index (χ4n) is 1.86. The molecule has 7 heteroatoms. The van der Waals surface area contributed by atoms with E-state index in [0.717, 1.165) is 9.87 Å². The number of sulfonamides is 1. The SMILES string of the molecule is Cc1ccc(S(=O)(=O)N(C)C)cc1NC(=O)C1(C#N)CC1. The Balaban J connectivity index is 2.33. The van der Waals surface area contributed by atoms with Crippen LogP contribution in [0.5, 0.6) is 0 Å². The lowest BCUT2D eigenvalue weighted by Gasteiger charge is -2.15. The van der Waals surface area contributed by atoms with Crippen LogP contribution in [0.1, 0.15) is 18.4 Å². The molecule has 1 aromatic carbocycles. The minimum atomic E-state index is -3.56. The summed E-state index contributed by atoms with van der Waals surface area (Å²) in [5, 5.41) is 11.7. The Hall–Kier alpha value is -1.91. The van der Waals surface area contributed by atoms with Crippen molar-refractivity contribution < 1.29 is 13.2 Å². The summed E-state index contributed by atoms with van der Waals surface area (Å²) in [6.45, 7) is 1.77. The Bertz CT molecular complexity index is 728. The minimum Gasteiger partial charge on any atom is -0.324 e. The number of nitrogens with zero attached hydrogens (tertiary/aromatic N) is 2. The molecule has 0 unspecified atom stereocenters. The molecular formula is C14H17N3O3S. The summed E-state index contributed by atoms with van der Waals surface area (Å²) in [6, 6.07) is 6.58. The van der Waals surface area contributed by atoms with E-state index in [1.54, 1.807) is 13.0 Å². The molecule has 0 radical (unpaired) electrons. The molecule has 1 saturated carbocycles. The number of hydrogen-bond acceptors (Lipinski definition) is 4. The Morgan fingerprint density at radius 3 is 2.48 bits per heavy atom. The molecule has 0 bridgehead atoms. The van der Waals surface area contributed by atoms with Crippen molar-refractivity contribution in [2.24, 2.45) is 5.41 Å². The highest BCUT2D eigenvalue weighted by Gasteiger charge is 2.50. The normalized spacial score (nSPS) is 16.3. The average Bonchev–Trinajstić information content (AvgIpc) is 3.21. The molecule has 21 heavy (non-hydrogen) atoms. The number of rotatable bonds is 4. The number of nitrogens with one attached hydrogen (secondary N) is 1. The molecule has 0 atom stereocenters. The fourth-order valence-corrected chi connectivity index (χ4v) is 2.79. The van der Waals surface area contributed by atoms with Gasteiger partial charge in [0.25, 0.3) is 0 Å². The molecule has 6 nitrogen and oxygen atoms in total. The molecule has 0 aromatic heterocycles. The summed E-state index contributed by atoms with van der Waals surface area (Å²) >= 11 is 0. The van der Waals surface area contributed by atoms with Crippen LogP contribution in [0.3, 0.4) is 0 Å². The van der Waals surface area contributed by atoms with Gasteiger partial charge in [0.15, 0.2) is 0 Å². The first-order chi connectivity index (χ1) is 9.73. The molecule has 1 amide bonds. The van der Waals surface area contributed by atoms with Crippen LogP contribution in [-0.2, 0) is 14.8 Å². The monoisotopic (exact) mass is 307 g/mol. The van der Waals surface area contributed by atoms with Crippen molar-refractivity contribution in [2.45, 2.75) is 24.7 Å². The van der Waals surface area contributed by atoms with Crippen LogP contribution in [0.4, 0.5) is 5.69 Å². The van der Waals surface area contributed by atoms with Gasteiger partial charge < -0.3 is 5.32 Å². The van der Waals surface area contributed by atoms with Crippen LogP contribution in [0, 0.1) is 23.7 Å². The maximum absolute atomic E-state index is 12.1. The van der Waals surface area contributed by atoms with Gasteiger partial charge in [0.05, 0.1) is 11.0 Å². The summed E-state index contributed by atoms with van der Waals surface area (Å²) in [5.41, 5.74) is 0.224. The number of carbonyl (C=O) groups excluding carboxylic acids is 1. The first-order valence-electron chi connectivity index (χ1n) is 6.49. The van der Waals surface area contributed by atoms with E-state index in [2.05, 4.69) is 5.32 Å². The van der Waals surface area contributed by atoms with Gasteiger partial charge >= 0.3 is 0 Å². The predicted molar refractivity (Wildman–Crippen MR) is 78.0 cm³/mol. The molecule has 1 N–H and O–H groups in total. The number of nitriles is 1. The summed E-state index contributed by atoms with van der Waals surface area (Å²) < 4.78 is 25.3. The van der Waals surface area contributed by atoms with E-state index in [-0.39, 0.29) is 10.8 Å². The van der Waals surface area contributed by atoms with Crippen LogP contribution in [-0.4, -0.2) is 32.7 Å². The highest BCUT2D eigenvalue weighted by molar-refractivity contribution is 7.89. The Labute approximate surface area is 124 Å². The first-order valence-corrected chi connectivity index (χ1v) is 7.93. The zero-order chi connectivity index (χ0) is 15.8. The molecule has 1 aliphatic carbocycles. The largest absolute Gasteiger partial charge is 0.324 e. The lowest BCUT2D eigenvalue weighted by atomic mass is 10.1. The molecule has 2 rings (SSSR count). The van der Waals surface area contributed by atoms with Crippen molar-refractivity contribution in [3.05, 3.63) is 23.8 Å². The molecule has 0 aliphatic heterocycles. The maximum atomic E-state index is 12.1. The van der Waals surface area contributed by atoms with Crippen LogP contribution < -0.4 is 5.32 Å². The molecule has 1 aromatic rings. The predicted octanol–water partition coefficient (Wildman–Crippen LogP) is 1.49. The number of benzene rings is 1. The van der Waals surface area contributed by atoms with E-state index >= 15 is 0 Å². The van der Waals surface area contributed by atoms with Crippen molar-refractivity contribution in [3.63, 3.8) is 0 Å². The van der Waals surface area contributed by atoms with Gasteiger partial charge in [-0.25, -0.2) is 12.7 Å². The molecule has 1 fully saturated rings. The van der Waals surface area contributed by atoms with E-state index in [0.29, 0.717) is 18.5 Å². The third-order valence-corrected chi connectivity index (χ3v) is 5.45. The van der Waals surface area contributed by atoms with Gasteiger partial charge in [-0.1, -0.05) is 6.07 Å². The van der Waals surface area contributed by atoms with Crippen LogP contribution in [0.15, 0.2) is 23.1 Å². The molecule has 1 aliphatic rings. The number of anilines is 1. The second-order valence-corrected chi connectivity index (χ2v) is 7.56. The summed E-state index contributed by atoms with van der Waals surface area (Å²) in [5.74, 6) is -0.368. The van der Waals surface area contributed by atoms with Crippen molar-refractivity contribution in [2.75, 3.05) is 19.4 Å². The van der Waals surface area contributed by atoms with Crippen molar-refractivity contribution in [3.8, 4) is 6.07 Å². The average molecular weight is 307 g/mol. The maximum Gasteiger partial charge on any atom is 0.244 e. The van der Waals surface area contributed by atoms with Gasteiger partial charge in [-0.2, -0.15) is 5.26 Å². The van der Waals surface area contributed by atoms with Gasteiger partial charge in [0.1, 0.15) is 5.41 Å². The Morgan fingerprint density at radius 1 is 1.38 bits per heavy atom. The number of carbonyl (C=O) groups is 1. The Kier molecular flexibility index (Phi) is 3.78. The third kappa shape index (κ3) is 2.77. The minimum absolute atomic E-state index is 0.107. The van der Waals surface area contributed by atoms with Gasteiger partial charge in [-0.3, -0.25) is 4.79 Å². The van der Waals surface area contributed by atoms with Crippen molar-refractivity contribution >= 4 is 21.6 Å². The molecule has 0 spiro atoms. The summed E-state index contributed by atoms with van der Waals surface area (Å²) in [6.07, 6.45) is 1.09. The zero-order valence-corrected chi connectivity index (χ0v) is 13.0. The number of aryl methyl sites for hydroxylation is 1. The third-order valence-electron chi connectivity index (χ3n) is 3.63. The van der Waals surface area contributed by atoms with E-state index in [9.17, 15) is 13.2 Å². The van der Waals surface area contributed by atoms with Gasteiger partial charge in [0, 0.05) is 19.8 Å². The standard InChI is InChI=1S/C14H17N3O3S/c1-10-4-5-11(21(19,20)17(2)3)8-12(10)16-13(18)14(9-15)6-7-14/h4-5,8H,6-7H2,1-3H3,(H,16,18). The van der Waals surface area contributed by atoms with E-state index in [1.165, 1.54) is 26.2 Å². The molecule has 0 heterocycles. The van der Waals surface area contributed by atoms with E-state index in [4.69, 9.17) is 5.26 Å². The molecular weight excluding hydrogens is 290 g/mol. The second-order valence-electron chi connectivity index (χ2n) is 5.41. The van der Waals surface area contributed by atoms with Gasteiger partial charge in [0.2, 0.25) is 15.9 Å². The lowest BCUT2D eigenvalue weighted by Crippen LogP contribution is -2.24. The van der Waals surface area contributed by atoms with Gasteiger partial charge in [-0.05, 0) is 37.5 Å². The van der Waals surface area contributed by atoms with E-state index in [1.807, 2.05) is 6.07 Å². The van der Waals surface area contributed by atoms with Crippen LogP contribution in [0.25, 0.3) is 0 Å². The van der Waals surface area contributed by atoms with Crippen molar-refractivity contribution in [1.29, 1.82) is 5.26 Å². The smallest absolute Gasteiger partial charge is 0.244 e. The first kappa shape index (κ1) is 15.5. The molecule has 112 valence electrons. The summed E-state index contributed by atoms with van der Waals surface area (Å²) in [4.78, 5) is 12.2. The Morgan fingerprint density at radius 2 is 2.00 bits per heavy atom. The van der Waals surface area contributed by atoms with Crippen molar-refractivity contribution in [1.82, 2.24) is 4.31 Å². The highest BCUT2D eigenvalue weighted by Crippen LogP contribution is 2.45. The van der Waals surface area contributed by atoms with E-state index < -0.39 is 15.4 Å². The van der Waals surface area contributed by atoms with Crippen LogP contribution >= 0.6 is 0 Å². The zero-order valence-electron chi connectivity index (χ0n) is 12.2. The fraction of sp³-hybridized carbons (Fsp3) is 0.429.